The number of esters is 1. The molecule has 0 aliphatic rings. The van der Waals surface area contributed by atoms with Gasteiger partial charge >= 0.3 is 5.97 Å². The molecule has 0 fully saturated rings. The van der Waals surface area contributed by atoms with Crippen molar-refractivity contribution in [3.8, 4) is 6.07 Å². The van der Waals surface area contributed by atoms with Crippen molar-refractivity contribution in [3.05, 3.63) is 17.5 Å². The Bertz CT molecular complexity index is 362. The van der Waals surface area contributed by atoms with Gasteiger partial charge in [-0.1, -0.05) is 0 Å². The van der Waals surface area contributed by atoms with E-state index >= 15 is 0 Å². The summed E-state index contributed by atoms with van der Waals surface area (Å²) in [5, 5.41) is 12.4. The summed E-state index contributed by atoms with van der Waals surface area (Å²) >= 11 is 0. The van der Waals surface area contributed by atoms with Crippen molar-refractivity contribution in [2.45, 2.75) is 6.42 Å². The number of aryl methyl sites for hydroxylation is 1. The Hall–Kier alpha value is -1.83. The van der Waals surface area contributed by atoms with Crippen LogP contribution in [0.2, 0.25) is 0 Å². The second-order valence-electron chi connectivity index (χ2n) is 2.47. The first-order valence-corrected chi connectivity index (χ1v) is 3.67. The Balaban J connectivity index is 2.97. The lowest BCUT2D eigenvalue weighted by atomic mass is 10.3. The molecule has 0 amide bonds. The Morgan fingerprint density at radius 3 is 3.08 bits per heavy atom. The van der Waals surface area contributed by atoms with Crippen LogP contribution in [0, 0.1) is 11.3 Å². The molecule has 0 saturated carbocycles. The second-order valence-corrected chi connectivity index (χ2v) is 2.47. The molecule has 0 aliphatic heterocycles. The third kappa shape index (κ3) is 1.85. The molecule has 1 heterocycles. The van der Waals surface area contributed by atoms with Crippen molar-refractivity contribution in [1.82, 2.24) is 9.78 Å². The molecule has 68 valence electrons. The highest BCUT2D eigenvalue weighted by Crippen LogP contribution is 2.04. The number of carbonyl (C=O) groups excluding carboxylic acids is 1. The van der Waals surface area contributed by atoms with E-state index in [1.165, 1.54) is 11.8 Å². The van der Waals surface area contributed by atoms with Gasteiger partial charge in [-0.3, -0.25) is 4.68 Å². The van der Waals surface area contributed by atoms with Crippen molar-refractivity contribution in [1.29, 1.82) is 5.26 Å². The number of nitriles is 1. The highest BCUT2D eigenvalue weighted by molar-refractivity contribution is 5.87. The van der Waals surface area contributed by atoms with Crippen LogP contribution in [0.3, 0.4) is 0 Å². The van der Waals surface area contributed by atoms with Crippen molar-refractivity contribution in [2.75, 3.05) is 7.11 Å². The minimum Gasteiger partial charge on any atom is -0.464 e. The Labute approximate surface area is 75.5 Å². The van der Waals surface area contributed by atoms with Gasteiger partial charge in [0.2, 0.25) is 0 Å². The molecular weight excluding hydrogens is 170 g/mol. The van der Waals surface area contributed by atoms with E-state index in [-0.39, 0.29) is 6.42 Å². The highest BCUT2D eigenvalue weighted by atomic mass is 16.5. The zero-order chi connectivity index (χ0) is 9.84. The first-order chi connectivity index (χ1) is 6.19. The molecule has 0 spiro atoms. The normalized spacial score (nSPS) is 9.31. The molecule has 5 nitrogen and oxygen atoms in total. The molecule has 5 heteroatoms. The molecule has 1 aromatic heterocycles. The van der Waals surface area contributed by atoms with Gasteiger partial charge in [0.25, 0.3) is 0 Å². The monoisotopic (exact) mass is 179 g/mol. The van der Waals surface area contributed by atoms with E-state index in [1.807, 2.05) is 6.07 Å². The number of hydrogen-bond donors (Lipinski definition) is 0. The minimum atomic E-state index is -0.445. The minimum absolute atomic E-state index is 0.199. The maximum atomic E-state index is 11.1. The number of aromatic nitrogens is 2. The van der Waals surface area contributed by atoms with Gasteiger partial charge < -0.3 is 4.74 Å². The van der Waals surface area contributed by atoms with Gasteiger partial charge in [0.15, 0.2) is 0 Å². The van der Waals surface area contributed by atoms with Crippen molar-refractivity contribution >= 4 is 5.97 Å². The van der Waals surface area contributed by atoms with Crippen LogP contribution in [0.4, 0.5) is 0 Å². The SMILES string of the molecule is COC(=O)c1cc(CC#N)nn1C. The quantitative estimate of drug-likeness (QED) is 0.611. The first kappa shape index (κ1) is 9.26. The molecule has 0 saturated heterocycles. The zero-order valence-corrected chi connectivity index (χ0v) is 7.44. The predicted octanol–water partition coefficient (Wildman–Crippen LogP) is 0.273. The summed E-state index contributed by atoms with van der Waals surface area (Å²) < 4.78 is 5.93. The number of carbonyl (C=O) groups is 1. The van der Waals surface area contributed by atoms with E-state index < -0.39 is 5.97 Å². The van der Waals surface area contributed by atoms with E-state index in [4.69, 9.17) is 5.26 Å². The second kappa shape index (κ2) is 3.72. The lowest BCUT2D eigenvalue weighted by Gasteiger charge is -1.96. The lowest BCUT2D eigenvalue weighted by Crippen LogP contribution is -2.07. The highest BCUT2D eigenvalue weighted by Gasteiger charge is 2.12. The van der Waals surface area contributed by atoms with Gasteiger partial charge in [-0.15, -0.1) is 0 Å². The number of nitrogens with zero attached hydrogens (tertiary/aromatic N) is 3. The van der Waals surface area contributed by atoms with E-state index in [2.05, 4.69) is 9.84 Å². The van der Waals surface area contributed by atoms with Crippen LogP contribution < -0.4 is 0 Å². The van der Waals surface area contributed by atoms with Gasteiger partial charge in [0.05, 0.1) is 25.3 Å². The smallest absolute Gasteiger partial charge is 0.356 e. The summed E-state index contributed by atoms with van der Waals surface area (Å²) in [4.78, 5) is 11.1. The fourth-order valence-electron chi connectivity index (χ4n) is 0.990. The molecule has 0 radical (unpaired) electrons. The van der Waals surface area contributed by atoms with E-state index in [9.17, 15) is 4.79 Å². The molecule has 1 rings (SSSR count). The third-order valence-corrected chi connectivity index (χ3v) is 1.59. The maximum absolute atomic E-state index is 11.1. The summed E-state index contributed by atoms with van der Waals surface area (Å²) in [7, 11) is 2.94. The molecular formula is C8H9N3O2. The Morgan fingerprint density at radius 2 is 2.54 bits per heavy atom. The summed E-state index contributed by atoms with van der Waals surface area (Å²) in [5.74, 6) is -0.445. The number of rotatable bonds is 2. The zero-order valence-electron chi connectivity index (χ0n) is 7.44. The Morgan fingerprint density at radius 1 is 1.85 bits per heavy atom. The van der Waals surface area contributed by atoms with Gasteiger partial charge in [0, 0.05) is 7.05 Å². The number of ether oxygens (including phenoxy) is 1. The first-order valence-electron chi connectivity index (χ1n) is 3.67. The molecule has 0 unspecified atom stereocenters. The standard InChI is InChI=1S/C8H9N3O2/c1-11-7(8(12)13-2)5-6(10-11)3-4-9/h5H,3H2,1-2H3. The molecule has 0 bridgehead atoms. The van der Waals surface area contributed by atoms with Gasteiger partial charge in [0.1, 0.15) is 5.69 Å². The molecule has 13 heavy (non-hydrogen) atoms. The largest absolute Gasteiger partial charge is 0.464 e. The van der Waals surface area contributed by atoms with E-state index in [0.29, 0.717) is 11.4 Å². The van der Waals surface area contributed by atoms with Crippen LogP contribution in [-0.2, 0) is 18.2 Å². The van der Waals surface area contributed by atoms with Crippen LogP contribution in [-0.4, -0.2) is 22.9 Å². The maximum Gasteiger partial charge on any atom is 0.356 e. The van der Waals surface area contributed by atoms with Crippen molar-refractivity contribution in [2.24, 2.45) is 7.05 Å². The summed E-state index contributed by atoms with van der Waals surface area (Å²) in [6, 6.07) is 3.50. The predicted molar refractivity (Wildman–Crippen MR) is 43.9 cm³/mol. The molecule has 0 aliphatic carbocycles. The molecule has 0 atom stereocenters. The average molecular weight is 179 g/mol. The van der Waals surface area contributed by atoms with Gasteiger partial charge in [-0.05, 0) is 6.07 Å². The van der Waals surface area contributed by atoms with E-state index in [1.54, 1.807) is 13.1 Å². The van der Waals surface area contributed by atoms with Crippen LogP contribution in [0.15, 0.2) is 6.07 Å². The summed E-state index contributed by atoms with van der Waals surface area (Å²) in [5.41, 5.74) is 0.929. The topological polar surface area (TPSA) is 67.9 Å². The molecule has 0 aromatic carbocycles. The lowest BCUT2D eigenvalue weighted by molar-refractivity contribution is 0.0588. The molecule has 1 aromatic rings. The summed E-state index contributed by atoms with van der Waals surface area (Å²) in [6.45, 7) is 0. The van der Waals surface area contributed by atoms with Crippen LogP contribution >= 0.6 is 0 Å². The van der Waals surface area contributed by atoms with Crippen molar-refractivity contribution in [3.63, 3.8) is 0 Å². The van der Waals surface area contributed by atoms with Crippen LogP contribution in [0.1, 0.15) is 16.2 Å². The van der Waals surface area contributed by atoms with Gasteiger partial charge in [-0.2, -0.15) is 10.4 Å². The average Bonchev–Trinajstić information content (AvgIpc) is 2.46. The van der Waals surface area contributed by atoms with Crippen LogP contribution in [0.25, 0.3) is 0 Å². The summed E-state index contributed by atoms with van der Waals surface area (Å²) in [6.07, 6.45) is 0.199. The third-order valence-electron chi connectivity index (χ3n) is 1.59. The fraction of sp³-hybridized carbons (Fsp3) is 0.375. The van der Waals surface area contributed by atoms with Gasteiger partial charge in [-0.25, -0.2) is 4.79 Å². The number of hydrogen-bond acceptors (Lipinski definition) is 4. The van der Waals surface area contributed by atoms with Crippen LogP contribution in [0.5, 0.6) is 0 Å². The number of methoxy groups -OCH3 is 1. The molecule has 0 N–H and O–H groups in total. The van der Waals surface area contributed by atoms with E-state index in [0.717, 1.165) is 0 Å². The fourth-order valence-corrected chi connectivity index (χ4v) is 0.990. The Kier molecular flexibility index (Phi) is 2.65. The van der Waals surface area contributed by atoms with Crippen molar-refractivity contribution < 1.29 is 9.53 Å².